The standard InChI is InChI=1S/C11H11BrO3/c1-8(12)11(14)15-7-6-9-2-4-10(13)5-3-9/h2-5,13H,1,6-7H2. The third kappa shape index (κ3) is 4.16. The molecule has 1 aromatic rings. The summed E-state index contributed by atoms with van der Waals surface area (Å²) in [6.45, 7) is 3.70. The normalized spacial score (nSPS) is 9.67. The van der Waals surface area contributed by atoms with Crippen LogP contribution in [0.15, 0.2) is 35.3 Å². The lowest BCUT2D eigenvalue weighted by Crippen LogP contribution is -2.06. The molecule has 0 unspecified atom stereocenters. The molecule has 1 aromatic carbocycles. The van der Waals surface area contributed by atoms with Crippen molar-refractivity contribution >= 4 is 21.9 Å². The van der Waals surface area contributed by atoms with Crippen molar-refractivity contribution in [3.05, 3.63) is 40.9 Å². The van der Waals surface area contributed by atoms with E-state index in [0.29, 0.717) is 13.0 Å². The molecule has 0 aromatic heterocycles. The van der Waals surface area contributed by atoms with E-state index in [1.54, 1.807) is 24.3 Å². The molecule has 80 valence electrons. The molecule has 0 atom stereocenters. The molecule has 4 heteroatoms. The maximum atomic E-state index is 11.0. The molecule has 1 N–H and O–H groups in total. The van der Waals surface area contributed by atoms with Gasteiger partial charge in [-0.05, 0) is 33.6 Å². The molecule has 0 heterocycles. The third-order valence-electron chi connectivity index (χ3n) is 1.78. The first-order valence-electron chi connectivity index (χ1n) is 4.39. The van der Waals surface area contributed by atoms with Crippen molar-refractivity contribution in [3.8, 4) is 5.75 Å². The number of carbonyl (C=O) groups excluding carboxylic acids is 1. The van der Waals surface area contributed by atoms with E-state index in [-0.39, 0.29) is 10.2 Å². The third-order valence-corrected chi connectivity index (χ3v) is 2.11. The van der Waals surface area contributed by atoms with Crippen molar-refractivity contribution < 1.29 is 14.6 Å². The molecule has 0 bridgehead atoms. The van der Waals surface area contributed by atoms with Gasteiger partial charge in [-0.1, -0.05) is 18.7 Å². The number of aromatic hydroxyl groups is 1. The zero-order valence-corrected chi connectivity index (χ0v) is 9.66. The summed E-state index contributed by atoms with van der Waals surface area (Å²) in [5, 5.41) is 9.04. The summed E-state index contributed by atoms with van der Waals surface area (Å²) in [7, 11) is 0. The fourth-order valence-corrected chi connectivity index (χ4v) is 1.12. The summed E-state index contributed by atoms with van der Waals surface area (Å²) in [4.78, 5) is 11.0. The van der Waals surface area contributed by atoms with Crippen LogP contribution in [0.25, 0.3) is 0 Å². The van der Waals surface area contributed by atoms with Gasteiger partial charge in [-0.25, -0.2) is 4.79 Å². The molecule has 0 spiro atoms. The molecule has 15 heavy (non-hydrogen) atoms. The average molecular weight is 271 g/mol. The van der Waals surface area contributed by atoms with Gasteiger partial charge in [-0.15, -0.1) is 0 Å². The van der Waals surface area contributed by atoms with Gasteiger partial charge >= 0.3 is 5.97 Å². The largest absolute Gasteiger partial charge is 0.508 e. The van der Waals surface area contributed by atoms with Crippen molar-refractivity contribution in [2.45, 2.75) is 6.42 Å². The minimum atomic E-state index is -0.450. The minimum Gasteiger partial charge on any atom is -0.508 e. The van der Waals surface area contributed by atoms with E-state index in [9.17, 15) is 4.79 Å². The number of hydrogen-bond donors (Lipinski definition) is 1. The van der Waals surface area contributed by atoms with E-state index < -0.39 is 5.97 Å². The number of esters is 1. The zero-order valence-electron chi connectivity index (χ0n) is 8.07. The van der Waals surface area contributed by atoms with E-state index in [4.69, 9.17) is 9.84 Å². The van der Waals surface area contributed by atoms with Crippen molar-refractivity contribution in [1.82, 2.24) is 0 Å². The molecule has 1 rings (SSSR count). The van der Waals surface area contributed by atoms with Gasteiger partial charge in [0.05, 0.1) is 11.1 Å². The average Bonchev–Trinajstić information content (AvgIpc) is 2.20. The molecule has 0 saturated heterocycles. The Morgan fingerprint density at radius 3 is 2.53 bits per heavy atom. The highest BCUT2D eigenvalue weighted by molar-refractivity contribution is 9.12. The number of phenolic OH excluding ortho intramolecular Hbond substituents is 1. The van der Waals surface area contributed by atoms with Crippen LogP contribution in [0.2, 0.25) is 0 Å². The Kier molecular flexibility index (Phi) is 4.37. The second kappa shape index (κ2) is 5.56. The Labute approximate surface area is 96.5 Å². The number of carbonyl (C=O) groups is 1. The number of ether oxygens (including phenoxy) is 1. The van der Waals surface area contributed by atoms with Crippen molar-refractivity contribution in [1.29, 1.82) is 0 Å². The van der Waals surface area contributed by atoms with Crippen LogP contribution in [0.3, 0.4) is 0 Å². The minimum absolute atomic E-state index is 0.216. The predicted molar refractivity (Wildman–Crippen MR) is 60.8 cm³/mol. The van der Waals surface area contributed by atoms with Crippen molar-refractivity contribution in [2.24, 2.45) is 0 Å². The molecule has 0 radical (unpaired) electrons. The molecule has 3 nitrogen and oxygen atoms in total. The van der Waals surface area contributed by atoms with Gasteiger partial charge < -0.3 is 9.84 Å². The summed E-state index contributed by atoms with van der Waals surface area (Å²) in [5.74, 6) is -0.224. The van der Waals surface area contributed by atoms with Gasteiger partial charge in [-0.2, -0.15) is 0 Å². The van der Waals surface area contributed by atoms with Crippen LogP contribution in [-0.2, 0) is 16.0 Å². The smallest absolute Gasteiger partial charge is 0.344 e. The Bertz CT molecular complexity index is 357. The molecule has 0 amide bonds. The molecular formula is C11H11BrO3. The van der Waals surface area contributed by atoms with Gasteiger partial charge in [0.25, 0.3) is 0 Å². The highest BCUT2D eigenvalue weighted by Crippen LogP contribution is 2.10. The summed E-state index contributed by atoms with van der Waals surface area (Å²) < 4.78 is 5.11. The number of benzene rings is 1. The zero-order chi connectivity index (χ0) is 11.3. The Morgan fingerprint density at radius 1 is 1.40 bits per heavy atom. The molecule has 0 aliphatic heterocycles. The van der Waals surface area contributed by atoms with Crippen LogP contribution >= 0.6 is 15.9 Å². The van der Waals surface area contributed by atoms with E-state index in [1.807, 2.05) is 0 Å². The van der Waals surface area contributed by atoms with Crippen molar-refractivity contribution in [3.63, 3.8) is 0 Å². The van der Waals surface area contributed by atoms with Gasteiger partial charge in [0, 0.05) is 6.42 Å². The fourth-order valence-electron chi connectivity index (χ4n) is 1.00. The number of hydrogen-bond acceptors (Lipinski definition) is 3. The summed E-state index contributed by atoms with van der Waals surface area (Å²) >= 11 is 2.93. The summed E-state index contributed by atoms with van der Waals surface area (Å²) in [5.41, 5.74) is 1.00. The van der Waals surface area contributed by atoms with Crippen LogP contribution in [0.5, 0.6) is 5.75 Å². The van der Waals surface area contributed by atoms with Crippen molar-refractivity contribution in [2.75, 3.05) is 6.61 Å². The second-order valence-electron chi connectivity index (χ2n) is 2.96. The maximum absolute atomic E-state index is 11.0. The first-order valence-corrected chi connectivity index (χ1v) is 5.18. The van der Waals surface area contributed by atoms with Crippen LogP contribution in [0.1, 0.15) is 5.56 Å². The highest BCUT2D eigenvalue weighted by Gasteiger charge is 2.04. The van der Waals surface area contributed by atoms with E-state index in [1.165, 1.54) is 0 Å². The van der Waals surface area contributed by atoms with E-state index >= 15 is 0 Å². The monoisotopic (exact) mass is 270 g/mol. The van der Waals surface area contributed by atoms with E-state index in [2.05, 4.69) is 22.5 Å². The Morgan fingerprint density at radius 2 is 2.00 bits per heavy atom. The van der Waals surface area contributed by atoms with E-state index in [0.717, 1.165) is 5.56 Å². The summed E-state index contributed by atoms with van der Waals surface area (Å²) in [6, 6.07) is 6.76. The predicted octanol–water partition coefficient (Wildman–Crippen LogP) is 2.39. The van der Waals surface area contributed by atoms with Gasteiger partial charge in [0.1, 0.15) is 5.75 Å². The van der Waals surface area contributed by atoms with Gasteiger partial charge in [-0.3, -0.25) is 0 Å². The molecular weight excluding hydrogens is 260 g/mol. The lowest BCUT2D eigenvalue weighted by atomic mass is 10.1. The molecule has 0 aliphatic rings. The van der Waals surface area contributed by atoms with Crippen LogP contribution < -0.4 is 0 Å². The molecule has 0 saturated carbocycles. The number of halogens is 1. The first kappa shape index (κ1) is 11.8. The van der Waals surface area contributed by atoms with Gasteiger partial charge in [0.15, 0.2) is 0 Å². The SMILES string of the molecule is C=C(Br)C(=O)OCCc1ccc(O)cc1. The summed E-state index contributed by atoms with van der Waals surface area (Å²) in [6.07, 6.45) is 0.617. The fraction of sp³-hybridized carbons (Fsp3) is 0.182. The molecule has 0 fully saturated rings. The Balaban J connectivity index is 2.35. The highest BCUT2D eigenvalue weighted by atomic mass is 79.9. The van der Waals surface area contributed by atoms with Crippen LogP contribution in [-0.4, -0.2) is 17.7 Å². The first-order chi connectivity index (χ1) is 7.09. The topological polar surface area (TPSA) is 46.5 Å². The second-order valence-corrected chi connectivity index (χ2v) is 3.91. The lowest BCUT2D eigenvalue weighted by molar-refractivity contribution is -0.137. The lowest BCUT2D eigenvalue weighted by Gasteiger charge is -2.03. The maximum Gasteiger partial charge on any atom is 0.344 e. The van der Waals surface area contributed by atoms with Crippen LogP contribution in [0, 0.1) is 0 Å². The molecule has 0 aliphatic carbocycles. The number of rotatable bonds is 4. The van der Waals surface area contributed by atoms with Gasteiger partial charge in [0.2, 0.25) is 0 Å². The quantitative estimate of drug-likeness (QED) is 0.675. The van der Waals surface area contributed by atoms with Crippen LogP contribution in [0.4, 0.5) is 0 Å². The number of phenols is 1. The Hall–Kier alpha value is -1.29.